The summed E-state index contributed by atoms with van der Waals surface area (Å²) in [5.41, 5.74) is 1.14. The lowest BCUT2D eigenvalue weighted by molar-refractivity contribution is 0.0107. The SMILES string of the molecule is COc1cncc(CN(CC2(O)CCCCC2)c2ccc(Cl)cc2)n1. The highest BCUT2D eigenvalue weighted by Gasteiger charge is 2.31. The van der Waals surface area contributed by atoms with Gasteiger partial charge in [-0.15, -0.1) is 0 Å². The second-order valence-corrected chi connectivity index (χ2v) is 7.11. The van der Waals surface area contributed by atoms with Gasteiger partial charge in [-0.05, 0) is 37.1 Å². The molecule has 2 aromatic rings. The molecule has 5 nitrogen and oxygen atoms in total. The van der Waals surface area contributed by atoms with Crippen LogP contribution in [0.4, 0.5) is 5.69 Å². The number of nitrogens with zero attached hydrogens (tertiary/aromatic N) is 3. The zero-order valence-electron chi connectivity index (χ0n) is 14.5. The molecule has 1 aliphatic carbocycles. The molecule has 0 atom stereocenters. The van der Waals surface area contributed by atoms with Crippen LogP contribution in [0.5, 0.6) is 5.88 Å². The van der Waals surface area contributed by atoms with Crippen molar-refractivity contribution in [1.29, 1.82) is 0 Å². The zero-order valence-corrected chi connectivity index (χ0v) is 15.2. The van der Waals surface area contributed by atoms with E-state index in [0.29, 0.717) is 24.0 Å². The Morgan fingerprint density at radius 2 is 1.88 bits per heavy atom. The van der Waals surface area contributed by atoms with E-state index in [0.717, 1.165) is 37.1 Å². The first-order valence-corrected chi connectivity index (χ1v) is 9.04. The molecular weight excluding hydrogens is 338 g/mol. The molecule has 1 N–H and O–H groups in total. The van der Waals surface area contributed by atoms with Crippen LogP contribution in [-0.4, -0.2) is 34.3 Å². The molecule has 0 bridgehead atoms. The lowest BCUT2D eigenvalue weighted by Gasteiger charge is -2.38. The first-order valence-electron chi connectivity index (χ1n) is 8.66. The maximum absolute atomic E-state index is 11.0. The second kappa shape index (κ2) is 8.02. The average molecular weight is 362 g/mol. The van der Waals surface area contributed by atoms with Gasteiger partial charge in [-0.3, -0.25) is 4.98 Å². The molecule has 1 aromatic carbocycles. The molecular formula is C19H24ClN3O2. The topological polar surface area (TPSA) is 58.5 Å². The van der Waals surface area contributed by atoms with Gasteiger partial charge in [0, 0.05) is 17.3 Å². The van der Waals surface area contributed by atoms with E-state index < -0.39 is 5.60 Å². The minimum atomic E-state index is -0.663. The third-order valence-corrected chi connectivity index (χ3v) is 4.94. The van der Waals surface area contributed by atoms with Crippen molar-refractivity contribution in [2.24, 2.45) is 0 Å². The molecule has 6 heteroatoms. The Kier molecular flexibility index (Phi) is 5.76. The fraction of sp³-hybridized carbons (Fsp3) is 0.474. The van der Waals surface area contributed by atoms with E-state index in [1.54, 1.807) is 19.5 Å². The van der Waals surface area contributed by atoms with Gasteiger partial charge < -0.3 is 14.7 Å². The van der Waals surface area contributed by atoms with Crippen LogP contribution in [0.2, 0.25) is 5.02 Å². The number of aliphatic hydroxyl groups is 1. The molecule has 25 heavy (non-hydrogen) atoms. The van der Waals surface area contributed by atoms with Gasteiger partial charge in [0.15, 0.2) is 0 Å². The normalized spacial score (nSPS) is 16.4. The highest BCUT2D eigenvalue weighted by atomic mass is 35.5. The number of rotatable bonds is 6. The van der Waals surface area contributed by atoms with Gasteiger partial charge in [-0.1, -0.05) is 30.9 Å². The van der Waals surface area contributed by atoms with Gasteiger partial charge in [0.1, 0.15) is 0 Å². The Labute approximate surface area is 153 Å². The third-order valence-electron chi connectivity index (χ3n) is 4.69. The number of aromatic nitrogens is 2. The fourth-order valence-corrected chi connectivity index (χ4v) is 3.50. The third kappa shape index (κ3) is 4.83. The average Bonchev–Trinajstić information content (AvgIpc) is 2.62. The summed E-state index contributed by atoms with van der Waals surface area (Å²) in [5, 5.41) is 11.7. The summed E-state index contributed by atoms with van der Waals surface area (Å²) in [5.74, 6) is 0.491. The van der Waals surface area contributed by atoms with Crippen molar-refractivity contribution >= 4 is 17.3 Å². The summed E-state index contributed by atoms with van der Waals surface area (Å²) in [6.45, 7) is 1.11. The Hall–Kier alpha value is -1.85. The first-order chi connectivity index (χ1) is 12.1. The molecule has 1 aromatic heterocycles. The smallest absolute Gasteiger partial charge is 0.232 e. The van der Waals surface area contributed by atoms with Crippen molar-refractivity contribution in [1.82, 2.24) is 9.97 Å². The summed E-state index contributed by atoms with van der Waals surface area (Å²) in [6, 6.07) is 7.68. The van der Waals surface area contributed by atoms with E-state index in [2.05, 4.69) is 14.9 Å². The number of ether oxygens (including phenoxy) is 1. The molecule has 0 amide bonds. The second-order valence-electron chi connectivity index (χ2n) is 6.67. The highest BCUT2D eigenvalue weighted by molar-refractivity contribution is 6.30. The predicted octanol–water partition coefficient (Wildman–Crippen LogP) is 3.84. The molecule has 1 heterocycles. The van der Waals surface area contributed by atoms with Crippen molar-refractivity contribution in [3.05, 3.63) is 47.4 Å². The van der Waals surface area contributed by atoms with Crippen molar-refractivity contribution < 1.29 is 9.84 Å². The molecule has 3 rings (SSSR count). The number of hydrogen-bond donors (Lipinski definition) is 1. The van der Waals surface area contributed by atoms with Crippen molar-refractivity contribution in [2.75, 3.05) is 18.6 Å². The van der Waals surface area contributed by atoms with Crippen molar-refractivity contribution in [3.63, 3.8) is 0 Å². The minimum absolute atomic E-state index is 0.491. The quantitative estimate of drug-likeness (QED) is 0.847. The van der Waals surface area contributed by atoms with Gasteiger partial charge in [-0.2, -0.15) is 0 Å². The molecule has 1 saturated carbocycles. The largest absolute Gasteiger partial charge is 0.480 e. The van der Waals surface area contributed by atoms with Crippen molar-refractivity contribution in [2.45, 2.75) is 44.2 Å². The summed E-state index contributed by atoms with van der Waals surface area (Å²) >= 11 is 6.03. The molecule has 0 radical (unpaired) electrons. The Bertz CT molecular complexity index is 687. The van der Waals surface area contributed by atoms with E-state index in [-0.39, 0.29) is 0 Å². The van der Waals surface area contributed by atoms with Crippen LogP contribution in [0.25, 0.3) is 0 Å². The molecule has 0 unspecified atom stereocenters. The number of hydrogen-bond acceptors (Lipinski definition) is 5. The van der Waals surface area contributed by atoms with Crippen molar-refractivity contribution in [3.8, 4) is 5.88 Å². The number of benzene rings is 1. The first kappa shape index (κ1) is 18.0. The van der Waals surface area contributed by atoms with Gasteiger partial charge in [0.2, 0.25) is 5.88 Å². The number of halogens is 1. The van der Waals surface area contributed by atoms with E-state index in [1.165, 1.54) is 6.42 Å². The monoisotopic (exact) mass is 361 g/mol. The zero-order chi connectivity index (χ0) is 17.7. The van der Waals surface area contributed by atoms with E-state index in [9.17, 15) is 5.11 Å². The Morgan fingerprint density at radius 1 is 1.16 bits per heavy atom. The Balaban J connectivity index is 1.84. The van der Waals surface area contributed by atoms with E-state index in [1.807, 2.05) is 24.3 Å². The Morgan fingerprint density at radius 3 is 2.56 bits per heavy atom. The standard InChI is InChI=1S/C19H24ClN3O2/c1-25-18-12-21-11-16(22-18)13-23(17-7-5-15(20)6-8-17)14-19(24)9-3-2-4-10-19/h5-8,11-12,24H,2-4,9-10,13-14H2,1H3. The summed E-state index contributed by atoms with van der Waals surface area (Å²) in [6.07, 6.45) is 8.33. The summed E-state index contributed by atoms with van der Waals surface area (Å²) in [7, 11) is 1.58. The van der Waals surface area contributed by atoms with Gasteiger partial charge in [0.05, 0.1) is 37.3 Å². The summed E-state index contributed by atoms with van der Waals surface area (Å²) in [4.78, 5) is 10.8. The molecule has 134 valence electrons. The summed E-state index contributed by atoms with van der Waals surface area (Å²) < 4.78 is 5.17. The highest BCUT2D eigenvalue weighted by Crippen LogP contribution is 2.31. The minimum Gasteiger partial charge on any atom is -0.480 e. The molecule has 1 aliphatic rings. The van der Waals surface area contributed by atoms with Crippen LogP contribution in [0, 0.1) is 0 Å². The molecule has 0 spiro atoms. The number of methoxy groups -OCH3 is 1. The van der Waals surface area contributed by atoms with E-state index >= 15 is 0 Å². The van der Waals surface area contributed by atoms with Gasteiger partial charge in [0.25, 0.3) is 0 Å². The van der Waals surface area contributed by atoms with Gasteiger partial charge in [-0.25, -0.2) is 4.98 Å². The van der Waals surface area contributed by atoms with Crippen LogP contribution >= 0.6 is 11.6 Å². The van der Waals surface area contributed by atoms with Gasteiger partial charge >= 0.3 is 0 Å². The van der Waals surface area contributed by atoms with Crippen LogP contribution in [0.15, 0.2) is 36.7 Å². The lowest BCUT2D eigenvalue weighted by atomic mass is 9.84. The lowest BCUT2D eigenvalue weighted by Crippen LogP contribution is -2.44. The predicted molar refractivity (Wildman–Crippen MR) is 99.1 cm³/mol. The van der Waals surface area contributed by atoms with Crippen LogP contribution in [0.3, 0.4) is 0 Å². The molecule has 0 aliphatic heterocycles. The number of anilines is 1. The van der Waals surface area contributed by atoms with Crippen LogP contribution < -0.4 is 9.64 Å². The van der Waals surface area contributed by atoms with E-state index in [4.69, 9.17) is 16.3 Å². The maximum Gasteiger partial charge on any atom is 0.232 e. The fourth-order valence-electron chi connectivity index (χ4n) is 3.37. The van der Waals surface area contributed by atoms with Crippen LogP contribution in [0.1, 0.15) is 37.8 Å². The molecule has 1 fully saturated rings. The van der Waals surface area contributed by atoms with Crippen LogP contribution in [-0.2, 0) is 6.54 Å². The maximum atomic E-state index is 11.0. The molecule has 0 saturated heterocycles.